The third-order valence-corrected chi connectivity index (χ3v) is 7.17. The Labute approximate surface area is 217 Å². The van der Waals surface area contributed by atoms with Crippen molar-refractivity contribution in [2.45, 2.75) is 25.7 Å². The van der Waals surface area contributed by atoms with Crippen molar-refractivity contribution in [3.8, 4) is 33.9 Å². The second-order valence-electron chi connectivity index (χ2n) is 9.63. The molecule has 0 aliphatic heterocycles. The van der Waals surface area contributed by atoms with Crippen molar-refractivity contribution in [1.29, 1.82) is 0 Å². The molecule has 1 aliphatic rings. The van der Waals surface area contributed by atoms with E-state index in [0.29, 0.717) is 17.2 Å². The summed E-state index contributed by atoms with van der Waals surface area (Å²) in [6.07, 6.45) is 11.1. The summed E-state index contributed by atoms with van der Waals surface area (Å²) in [7, 11) is 0. The lowest BCUT2D eigenvalue weighted by Gasteiger charge is -2.11. The molecule has 5 aromatic heterocycles. The van der Waals surface area contributed by atoms with Crippen molar-refractivity contribution in [2.75, 3.05) is 5.32 Å². The zero-order chi connectivity index (χ0) is 25.5. The van der Waals surface area contributed by atoms with Gasteiger partial charge in [-0.15, -0.1) is 0 Å². The van der Waals surface area contributed by atoms with Crippen molar-refractivity contribution < 1.29 is 4.79 Å². The molecule has 186 valence electrons. The predicted octanol–water partition coefficient (Wildman–Crippen LogP) is 5.75. The fraction of sp³-hybridized carbons (Fsp3) is 0.172. The summed E-state index contributed by atoms with van der Waals surface area (Å²) in [5.74, 6) is 0.829. The topological polar surface area (TPSA) is 125 Å². The quantitative estimate of drug-likeness (QED) is 0.277. The monoisotopic (exact) mass is 500 g/mol. The Morgan fingerprint density at radius 2 is 1.84 bits per heavy atom. The number of nitrogens with one attached hydrogen (secondary N) is 3. The van der Waals surface area contributed by atoms with Crippen LogP contribution >= 0.6 is 0 Å². The maximum atomic E-state index is 12.6. The van der Waals surface area contributed by atoms with E-state index in [1.54, 1.807) is 24.8 Å². The van der Waals surface area contributed by atoms with Crippen LogP contribution in [0.15, 0.2) is 73.3 Å². The highest BCUT2D eigenvalue weighted by Crippen LogP contribution is 2.32. The number of H-pyrrole nitrogens is 2. The second kappa shape index (κ2) is 9.19. The molecule has 7 rings (SSSR count). The van der Waals surface area contributed by atoms with Gasteiger partial charge in [0.25, 0.3) is 0 Å². The molecule has 9 heteroatoms. The number of imidazole rings is 1. The number of anilines is 1. The average Bonchev–Trinajstić information content (AvgIpc) is 3.73. The van der Waals surface area contributed by atoms with Gasteiger partial charge in [0.2, 0.25) is 5.91 Å². The van der Waals surface area contributed by atoms with Crippen LogP contribution in [0.1, 0.15) is 25.7 Å². The van der Waals surface area contributed by atoms with Gasteiger partial charge in [0.1, 0.15) is 5.69 Å². The molecule has 0 unspecified atom stereocenters. The first-order valence-corrected chi connectivity index (χ1v) is 12.7. The molecule has 9 nitrogen and oxygen atoms in total. The lowest BCUT2D eigenvalue weighted by atomic mass is 10.1. The third kappa shape index (κ3) is 3.98. The van der Waals surface area contributed by atoms with Crippen molar-refractivity contribution >= 4 is 33.7 Å². The van der Waals surface area contributed by atoms with E-state index in [1.165, 1.54) is 0 Å². The van der Waals surface area contributed by atoms with Crippen molar-refractivity contribution in [3.63, 3.8) is 0 Å². The minimum Gasteiger partial charge on any atom is -0.337 e. The zero-order valence-corrected chi connectivity index (χ0v) is 20.5. The van der Waals surface area contributed by atoms with E-state index in [0.717, 1.165) is 70.2 Å². The van der Waals surface area contributed by atoms with Crippen molar-refractivity contribution in [2.24, 2.45) is 5.92 Å². The lowest BCUT2D eigenvalue weighted by molar-refractivity contribution is -0.119. The number of benzene rings is 1. The van der Waals surface area contributed by atoms with Gasteiger partial charge in [-0.2, -0.15) is 5.10 Å². The van der Waals surface area contributed by atoms with Crippen LogP contribution in [0, 0.1) is 5.92 Å². The van der Waals surface area contributed by atoms with Crippen LogP contribution in [0.4, 0.5) is 5.69 Å². The van der Waals surface area contributed by atoms with E-state index in [2.05, 4.69) is 35.5 Å². The SMILES string of the molecule is O=C(Nc1cncc(-c2cnc3n[nH]c(-c4nc5c(-c6ccccn6)cccc5[nH]4)c3c2)c1)C1CCCC1. The average molecular weight is 501 g/mol. The summed E-state index contributed by atoms with van der Waals surface area (Å²) in [5.41, 5.74) is 7.31. The van der Waals surface area contributed by atoms with Crippen molar-refractivity contribution in [1.82, 2.24) is 35.1 Å². The Morgan fingerprint density at radius 3 is 2.71 bits per heavy atom. The first-order valence-electron chi connectivity index (χ1n) is 12.7. The Morgan fingerprint density at radius 1 is 0.947 bits per heavy atom. The number of hydrogen-bond donors (Lipinski definition) is 3. The molecule has 0 saturated heterocycles. The van der Waals surface area contributed by atoms with Crippen LogP contribution < -0.4 is 5.32 Å². The molecule has 1 amide bonds. The Bertz CT molecular complexity index is 1780. The lowest BCUT2D eigenvalue weighted by Crippen LogP contribution is -2.20. The van der Waals surface area contributed by atoms with Gasteiger partial charge >= 0.3 is 0 Å². The molecule has 3 N–H and O–H groups in total. The number of nitrogens with zero attached hydrogens (tertiary/aromatic N) is 5. The highest BCUT2D eigenvalue weighted by atomic mass is 16.1. The molecule has 1 aliphatic carbocycles. The van der Waals surface area contributed by atoms with Gasteiger partial charge in [-0.1, -0.05) is 31.0 Å². The predicted molar refractivity (Wildman–Crippen MR) is 146 cm³/mol. The number of aromatic amines is 2. The van der Waals surface area contributed by atoms with Crippen molar-refractivity contribution in [3.05, 3.63) is 73.3 Å². The van der Waals surface area contributed by atoms with Gasteiger partial charge in [0, 0.05) is 41.2 Å². The molecule has 0 atom stereocenters. The highest BCUT2D eigenvalue weighted by Gasteiger charge is 2.23. The highest BCUT2D eigenvalue weighted by molar-refractivity contribution is 5.97. The van der Waals surface area contributed by atoms with E-state index < -0.39 is 0 Å². The fourth-order valence-electron chi connectivity index (χ4n) is 5.22. The van der Waals surface area contributed by atoms with E-state index >= 15 is 0 Å². The number of aromatic nitrogens is 7. The molecule has 6 aromatic rings. The van der Waals surface area contributed by atoms with E-state index in [-0.39, 0.29) is 11.8 Å². The van der Waals surface area contributed by atoms with Gasteiger partial charge in [-0.05, 0) is 43.2 Å². The summed E-state index contributed by atoms with van der Waals surface area (Å²) in [5, 5.41) is 11.4. The van der Waals surface area contributed by atoms with Crippen LogP contribution in [-0.4, -0.2) is 41.0 Å². The van der Waals surface area contributed by atoms with E-state index in [9.17, 15) is 4.79 Å². The van der Waals surface area contributed by atoms with Gasteiger partial charge in [-0.25, -0.2) is 9.97 Å². The van der Waals surface area contributed by atoms with Gasteiger partial charge in [-0.3, -0.25) is 19.9 Å². The second-order valence-corrected chi connectivity index (χ2v) is 9.63. The zero-order valence-electron chi connectivity index (χ0n) is 20.5. The largest absolute Gasteiger partial charge is 0.337 e. The number of carbonyl (C=O) groups is 1. The molecular weight excluding hydrogens is 476 g/mol. The minimum atomic E-state index is 0.0714. The molecule has 5 heterocycles. The minimum absolute atomic E-state index is 0.0714. The molecule has 0 radical (unpaired) electrons. The maximum Gasteiger partial charge on any atom is 0.227 e. The number of amides is 1. The molecule has 1 fully saturated rings. The number of pyridine rings is 3. The summed E-state index contributed by atoms with van der Waals surface area (Å²) in [6, 6.07) is 15.8. The first kappa shape index (κ1) is 22.3. The van der Waals surface area contributed by atoms with Gasteiger partial charge in [0.15, 0.2) is 11.5 Å². The maximum absolute atomic E-state index is 12.6. The van der Waals surface area contributed by atoms with Crippen LogP contribution in [-0.2, 0) is 4.79 Å². The third-order valence-electron chi connectivity index (χ3n) is 7.17. The molecule has 38 heavy (non-hydrogen) atoms. The summed E-state index contributed by atoms with van der Waals surface area (Å²) in [4.78, 5) is 34.4. The summed E-state index contributed by atoms with van der Waals surface area (Å²) in [6.45, 7) is 0. The van der Waals surface area contributed by atoms with Crippen LogP contribution in [0.2, 0.25) is 0 Å². The Kier molecular flexibility index (Phi) is 5.39. The Hall–Kier alpha value is -4.92. The smallest absolute Gasteiger partial charge is 0.227 e. The summed E-state index contributed by atoms with van der Waals surface area (Å²) >= 11 is 0. The molecule has 0 spiro atoms. The van der Waals surface area contributed by atoms with Gasteiger partial charge in [0.05, 0.1) is 34.0 Å². The van der Waals surface area contributed by atoms with Crippen LogP contribution in [0.5, 0.6) is 0 Å². The molecule has 1 saturated carbocycles. The molecular formula is C29H24N8O. The fourth-order valence-corrected chi connectivity index (χ4v) is 5.22. The number of carbonyl (C=O) groups excluding carboxylic acids is 1. The summed E-state index contributed by atoms with van der Waals surface area (Å²) < 4.78 is 0. The molecule has 1 aromatic carbocycles. The number of para-hydroxylation sites is 1. The standard InChI is InChI=1S/C29H24N8O/c38-29(17-6-1-2-7-17)33-20-12-18(14-30-16-20)19-13-22-26(36-37-27(22)32-15-19)28-34-24-10-5-8-21(25(24)35-28)23-9-3-4-11-31-23/h3-5,8-17H,1-2,6-7H2,(H,33,38)(H,34,35)(H,32,36,37). The van der Waals surface area contributed by atoms with E-state index in [4.69, 9.17) is 4.98 Å². The number of hydrogen-bond acceptors (Lipinski definition) is 6. The normalized spacial score (nSPS) is 13.9. The first-order chi connectivity index (χ1) is 18.7. The van der Waals surface area contributed by atoms with Crippen LogP contribution in [0.25, 0.3) is 56.0 Å². The van der Waals surface area contributed by atoms with Gasteiger partial charge < -0.3 is 10.3 Å². The van der Waals surface area contributed by atoms with E-state index in [1.807, 2.05) is 48.5 Å². The number of rotatable bonds is 5. The van der Waals surface area contributed by atoms with Crippen LogP contribution in [0.3, 0.4) is 0 Å². The molecule has 0 bridgehead atoms. The number of fused-ring (bicyclic) bond motifs is 2. The Balaban J connectivity index is 1.25.